The number of fused-ring (bicyclic) bond motifs is 1. The number of hydrogen-bond acceptors (Lipinski definition) is 5. The quantitative estimate of drug-likeness (QED) is 0.725. The third-order valence-electron chi connectivity index (χ3n) is 2.69. The van der Waals surface area contributed by atoms with Gasteiger partial charge >= 0.3 is 0 Å². The van der Waals surface area contributed by atoms with Crippen LogP contribution in [0.5, 0.6) is 5.75 Å². The molecule has 3 rings (SSSR count). The lowest BCUT2D eigenvalue weighted by Gasteiger charge is -2.00. The van der Waals surface area contributed by atoms with E-state index >= 15 is 0 Å². The van der Waals surface area contributed by atoms with Gasteiger partial charge in [0.15, 0.2) is 5.82 Å². The largest absolute Gasteiger partial charge is 0.497 e. The highest BCUT2D eigenvalue weighted by atomic mass is 32.1. The van der Waals surface area contributed by atoms with E-state index in [0.29, 0.717) is 0 Å². The Labute approximate surface area is 108 Å². The fraction of sp³-hybridized carbons (Fsp3) is 0.250. The highest BCUT2D eigenvalue weighted by Crippen LogP contribution is 2.27. The molecule has 2 aromatic heterocycles. The molecule has 2 heterocycles. The summed E-state index contributed by atoms with van der Waals surface area (Å²) in [4.78, 5) is 0.824. The average molecular weight is 260 g/mol. The topological polar surface area (TPSA) is 52.3 Å². The summed E-state index contributed by atoms with van der Waals surface area (Å²) in [5.41, 5.74) is 1.03. The Morgan fingerprint density at radius 3 is 3.00 bits per heavy atom. The number of aromatic nitrogens is 4. The minimum Gasteiger partial charge on any atom is -0.497 e. The van der Waals surface area contributed by atoms with Gasteiger partial charge in [0.2, 0.25) is 4.96 Å². The van der Waals surface area contributed by atoms with Crippen molar-refractivity contribution in [1.29, 1.82) is 0 Å². The summed E-state index contributed by atoms with van der Waals surface area (Å²) in [7, 11) is 1.66. The molecular formula is C12H12N4OS. The molecule has 5 nitrogen and oxygen atoms in total. The maximum Gasteiger partial charge on any atom is 0.234 e. The van der Waals surface area contributed by atoms with Crippen molar-refractivity contribution in [1.82, 2.24) is 19.8 Å². The second-order valence-corrected chi connectivity index (χ2v) is 4.76. The fourth-order valence-corrected chi connectivity index (χ4v) is 2.61. The molecule has 92 valence electrons. The van der Waals surface area contributed by atoms with Crippen molar-refractivity contribution >= 4 is 16.3 Å². The molecule has 0 saturated heterocycles. The van der Waals surface area contributed by atoms with E-state index < -0.39 is 0 Å². The van der Waals surface area contributed by atoms with Gasteiger partial charge in [0.1, 0.15) is 10.8 Å². The van der Waals surface area contributed by atoms with Gasteiger partial charge in [-0.3, -0.25) is 0 Å². The van der Waals surface area contributed by atoms with E-state index in [1.807, 2.05) is 31.2 Å². The van der Waals surface area contributed by atoms with E-state index in [4.69, 9.17) is 4.74 Å². The molecule has 0 saturated carbocycles. The van der Waals surface area contributed by atoms with Crippen LogP contribution in [-0.4, -0.2) is 26.9 Å². The van der Waals surface area contributed by atoms with Crippen molar-refractivity contribution < 1.29 is 4.74 Å². The summed E-state index contributed by atoms with van der Waals surface area (Å²) in [6.45, 7) is 2.04. The monoisotopic (exact) mass is 260 g/mol. The van der Waals surface area contributed by atoms with Crippen LogP contribution in [0.3, 0.4) is 0 Å². The normalized spacial score (nSPS) is 11.0. The first-order valence-electron chi connectivity index (χ1n) is 5.67. The second kappa shape index (κ2) is 4.38. The Kier molecular flexibility index (Phi) is 2.71. The smallest absolute Gasteiger partial charge is 0.234 e. The summed E-state index contributed by atoms with van der Waals surface area (Å²) in [5, 5.41) is 13.7. The second-order valence-electron chi connectivity index (χ2n) is 3.80. The van der Waals surface area contributed by atoms with Gasteiger partial charge in [-0.05, 0) is 12.1 Å². The van der Waals surface area contributed by atoms with E-state index in [1.54, 1.807) is 11.6 Å². The Morgan fingerprint density at radius 1 is 1.33 bits per heavy atom. The molecule has 6 heteroatoms. The molecule has 0 aliphatic carbocycles. The lowest BCUT2D eigenvalue weighted by Crippen LogP contribution is -1.93. The van der Waals surface area contributed by atoms with E-state index in [1.165, 1.54) is 11.3 Å². The zero-order chi connectivity index (χ0) is 12.5. The van der Waals surface area contributed by atoms with Gasteiger partial charge in [-0.15, -0.1) is 10.2 Å². The van der Waals surface area contributed by atoms with Crippen LogP contribution in [-0.2, 0) is 6.42 Å². The lowest BCUT2D eigenvalue weighted by molar-refractivity contribution is 0.415. The zero-order valence-electron chi connectivity index (χ0n) is 10.1. The SMILES string of the molecule is CCc1nnc2sc(-c3cccc(OC)c3)nn12. The fourth-order valence-electron chi connectivity index (χ4n) is 1.75. The molecule has 0 atom stereocenters. The lowest BCUT2D eigenvalue weighted by atomic mass is 10.2. The summed E-state index contributed by atoms with van der Waals surface area (Å²) in [6, 6.07) is 7.86. The third-order valence-corrected chi connectivity index (χ3v) is 3.64. The van der Waals surface area contributed by atoms with E-state index in [0.717, 1.165) is 33.5 Å². The predicted molar refractivity (Wildman–Crippen MR) is 70.0 cm³/mol. The first-order chi connectivity index (χ1) is 8.81. The maximum absolute atomic E-state index is 5.22. The molecule has 0 fully saturated rings. The number of aryl methyl sites for hydroxylation is 1. The average Bonchev–Trinajstić information content (AvgIpc) is 2.98. The summed E-state index contributed by atoms with van der Waals surface area (Å²) in [6.07, 6.45) is 0.822. The molecule has 0 radical (unpaired) electrons. The number of nitrogens with zero attached hydrogens (tertiary/aromatic N) is 4. The number of benzene rings is 1. The minimum absolute atomic E-state index is 0.822. The number of hydrogen-bond donors (Lipinski definition) is 0. The molecule has 0 N–H and O–H groups in total. The summed E-state index contributed by atoms with van der Waals surface area (Å²) in [5.74, 6) is 1.71. The van der Waals surface area contributed by atoms with Crippen molar-refractivity contribution in [3.63, 3.8) is 0 Å². The van der Waals surface area contributed by atoms with Crippen molar-refractivity contribution in [3.05, 3.63) is 30.1 Å². The van der Waals surface area contributed by atoms with Crippen LogP contribution < -0.4 is 4.74 Å². The van der Waals surface area contributed by atoms with Gasteiger partial charge in [-0.2, -0.15) is 9.61 Å². The van der Waals surface area contributed by atoms with Gasteiger partial charge < -0.3 is 4.74 Å². The Bertz CT molecular complexity index is 688. The van der Waals surface area contributed by atoms with Crippen molar-refractivity contribution in [2.45, 2.75) is 13.3 Å². The molecular weight excluding hydrogens is 248 g/mol. The Morgan fingerprint density at radius 2 is 2.22 bits per heavy atom. The van der Waals surface area contributed by atoms with Gasteiger partial charge in [0, 0.05) is 12.0 Å². The van der Waals surface area contributed by atoms with Gasteiger partial charge in [-0.1, -0.05) is 30.4 Å². The van der Waals surface area contributed by atoms with E-state index in [9.17, 15) is 0 Å². The number of rotatable bonds is 3. The van der Waals surface area contributed by atoms with Crippen LogP contribution in [0.4, 0.5) is 0 Å². The molecule has 0 aliphatic heterocycles. The zero-order valence-corrected chi connectivity index (χ0v) is 10.9. The summed E-state index contributed by atoms with van der Waals surface area (Å²) >= 11 is 1.53. The highest BCUT2D eigenvalue weighted by molar-refractivity contribution is 7.19. The van der Waals surface area contributed by atoms with E-state index in [-0.39, 0.29) is 0 Å². The van der Waals surface area contributed by atoms with Crippen molar-refractivity contribution in [2.75, 3.05) is 7.11 Å². The molecule has 0 aliphatic rings. The van der Waals surface area contributed by atoms with Crippen LogP contribution in [0.1, 0.15) is 12.7 Å². The van der Waals surface area contributed by atoms with Crippen LogP contribution in [0.25, 0.3) is 15.5 Å². The molecule has 3 aromatic rings. The minimum atomic E-state index is 0.822. The maximum atomic E-state index is 5.22. The standard InChI is InChI=1S/C12H12N4OS/c1-3-10-13-14-12-16(10)15-11(18-12)8-5-4-6-9(7-8)17-2/h4-7H,3H2,1-2H3. The van der Waals surface area contributed by atoms with Crippen LogP contribution in [0.2, 0.25) is 0 Å². The third kappa shape index (κ3) is 1.74. The molecule has 18 heavy (non-hydrogen) atoms. The summed E-state index contributed by atoms with van der Waals surface area (Å²) < 4.78 is 7.02. The Hall–Kier alpha value is -1.95. The molecule has 0 unspecified atom stereocenters. The van der Waals surface area contributed by atoms with Crippen LogP contribution in [0, 0.1) is 0 Å². The first kappa shape index (κ1) is 11.2. The van der Waals surface area contributed by atoms with Crippen LogP contribution in [0.15, 0.2) is 24.3 Å². The van der Waals surface area contributed by atoms with E-state index in [2.05, 4.69) is 15.3 Å². The molecule has 0 bridgehead atoms. The number of ether oxygens (including phenoxy) is 1. The predicted octanol–water partition coefficient (Wildman–Crippen LogP) is 2.42. The molecule has 1 aromatic carbocycles. The van der Waals surface area contributed by atoms with Crippen LogP contribution >= 0.6 is 11.3 Å². The van der Waals surface area contributed by atoms with Gasteiger partial charge in [-0.25, -0.2) is 0 Å². The van der Waals surface area contributed by atoms with Crippen molar-refractivity contribution in [3.8, 4) is 16.3 Å². The highest BCUT2D eigenvalue weighted by Gasteiger charge is 2.11. The molecule has 0 amide bonds. The number of methoxy groups -OCH3 is 1. The van der Waals surface area contributed by atoms with Crippen molar-refractivity contribution in [2.24, 2.45) is 0 Å². The molecule has 0 spiro atoms. The Balaban J connectivity index is 2.10. The first-order valence-corrected chi connectivity index (χ1v) is 6.49. The van der Waals surface area contributed by atoms with Gasteiger partial charge in [0.25, 0.3) is 0 Å². The van der Waals surface area contributed by atoms with Gasteiger partial charge in [0.05, 0.1) is 7.11 Å².